The van der Waals surface area contributed by atoms with Crippen molar-refractivity contribution in [3.8, 4) is 5.75 Å². The van der Waals surface area contributed by atoms with Crippen molar-refractivity contribution >= 4 is 0 Å². The van der Waals surface area contributed by atoms with Gasteiger partial charge in [0, 0.05) is 0 Å². The first-order valence-corrected chi connectivity index (χ1v) is 4.57. The molecule has 0 fully saturated rings. The highest BCUT2D eigenvalue weighted by Gasteiger charge is 2.02. The highest BCUT2D eigenvalue weighted by atomic mass is 16.5. The predicted molar refractivity (Wildman–Crippen MR) is 53.0 cm³/mol. The fourth-order valence-corrected chi connectivity index (χ4v) is 1.18. The number of aliphatic hydroxyl groups is 1. The maximum atomic E-state index is 9.41. The zero-order valence-corrected chi connectivity index (χ0v) is 8.16. The summed E-state index contributed by atoms with van der Waals surface area (Å²) in [6, 6.07) is 7.80. The summed E-state index contributed by atoms with van der Waals surface area (Å²) in [4.78, 5) is 0. The maximum Gasteiger partial charge on any atom is 0.118 e. The first-order chi connectivity index (χ1) is 6.26. The smallest absolute Gasteiger partial charge is 0.118 e. The van der Waals surface area contributed by atoms with Gasteiger partial charge in [-0.15, -0.1) is 0 Å². The van der Waals surface area contributed by atoms with Crippen molar-refractivity contribution < 1.29 is 9.84 Å². The summed E-state index contributed by atoms with van der Waals surface area (Å²) in [5.74, 6) is 0.856. The Labute approximate surface area is 79.2 Å². The minimum atomic E-state index is -0.228. The summed E-state index contributed by atoms with van der Waals surface area (Å²) in [7, 11) is 1.65. The zero-order chi connectivity index (χ0) is 9.68. The number of aliphatic hydroxyl groups excluding tert-OH is 1. The summed E-state index contributed by atoms with van der Waals surface area (Å²) in [5.41, 5.74) is 1.15. The van der Waals surface area contributed by atoms with E-state index in [1.54, 1.807) is 7.11 Å². The van der Waals surface area contributed by atoms with Gasteiger partial charge >= 0.3 is 0 Å². The van der Waals surface area contributed by atoms with Gasteiger partial charge in [0.15, 0.2) is 0 Å². The van der Waals surface area contributed by atoms with E-state index in [0.717, 1.165) is 24.2 Å². The van der Waals surface area contributed by atoms with E-state index in [2.05, 4.69) is 0 Å². The lowest BCUT2D eigenvalue weighted by Crippen LogP contribution is -2.07. The highest BCUT2D eigenvalue weighted by molar-refractivity contribution is 5.27. The molecule has 72 valence electrons. The Morgan fingerprint density at radius 3 is 2.38 bits per heavy atom. The first kappa shape index (κ1) is 10.1. The van der Waals surface area contributed by atoms with E-state index < -0.39 is 0 Å². The van der Waals surface area contributed by atoms with Crippen molar-refractivity contribution in [1.29, 1.82) is 0 Å². The minimum Gasteiger partial charge on any atom is -0.497 e. The molecule has 13 heavy (non-hydrogen) atoms. The molecule has 2 nitrogen and oxygen atoms in total. The normalized spacial score (nSPS) is 12.5. The molecule has 1 atom stereocenters. The first-order valence-electron chi connectivity index (χ1n) is 4.57. The molecule has 0 aliphatic rings. The molecular formula is C11H16O2. The molecule has 0 saturated heterocycles. The minimum absolute atomic E-state index is 0.228. The van der Waals surface area contributed by atoms with Gasteiger partial charge in [-0.2, -0.15) is 0 Å². The van der Waals surface area contributed by atoms with Gasteiger partial charge in [0.05, 0.1) is 13.2 Å². The van der Waals surface area contributed by atoms with Crippen LogP contribution >= 0.6 is 0 Å². The van der Waals surface area contributed by atoms with Crippen LogP contribution in [0.5, 0.6) is 5.75 Å². The summed E-state index contributed by atoms with van der Waals surface area (Å²) in [5, 5.41) is 9.41. The average Bonchev–Trinajstić information content (AvgIpc) is 2.19. The Hall–Kier alpha value is -1.02. The summed E-state index contributed by atoms with van der Waals surface area (Å²) >= 11 is 0. The van der Waals surface area contributed by atoms with Crippen molar-refractivity contribution in [2.45, 2.75) is 25.9 Å². The molecule has 2 heteroatoms. The van der Waals surface area contributed by atoms with Gasteiger partial charge in [0.2, 0.25) is 0 Å². The van der Waals surface area contributed by atoms with Crippen LogP contribution in [0.3, 0.4) is 0 Å². The lowest BCUT2D eigenvalue weighted by atomic mass is 10.1. The second-order valence-electron chi connectivity index (χ2n) is 3.11. The second-order valence-corrected chi connectivity index (χ2v) is 3.11. The van der Waals surface area contributed by atoms with E-state index in [0.29, 0.717) is 0 Å². The van der Waals surface area contributed by atoms with Crippen molar-refractivity contribution in [3.05, 3.63) is 29.8 Å². The maximum absolute atomic E-state index is 9.41. The number of rotatable bonds is 4. The number of ether oxygens (including phenoxy) is 1. The van der Waals surface area contributed by atoms with Crippen molar-refractivity contribution in [2.24, 2.45) is 0 Å². The monoisotopic (exact) mass is 180 g/mol. The topological polar surface area (TPSA) is 29.5 Å². The lowest BCUT2D eigenvalue weighted by Gasteiger charge is -2.07. The molecule has 1 aromatic rings. The van der Waals surface area contributed by atoms with E-state index in [-0.39, 0.29) is 6.10 Å². The van der Waals surface area contributed by atoms with Crippen LogP contribution in [0.15, 0.2) is 24.3 Å². The molecule has 1 aromatic carbocycles. The molecule has 0 unspecified atom stereocenters. The van der Waals surface area contributed by atoms with Gasteiger partial charge in [0.1, 0.15) is 5.75 Å². The van der Waals surface area contributed by atoms with Crippen LogP contribution in [0.4, 0.5) is 0 Å². The zero-order valence-electron chi connectivity index (χ0n) is 8.16. The third-order valence-corrected chi connectivity index (χ3v) is 2.10. The van der Waals surface area contributed by atoms with E-state index >= 15 is 0 Å². The second kappa shape index (κ2) is 4.87. The lowest BCUT2D eigenvalue weighted by molar-refractivity contribution is 0.171. The van der Waals surface area contributed by atoms with Crippen LogP contribution in [-0.4, -0.2) is 18.3 Å². The Kier molecular flexibility index (Phi) is 3.77. The van der Waals surface area contributed by atoms with Crippen molar-refractivity contribution in [3.63, 3.8) is 0 Å². The molecule has 0 aromatic heterocycles. The molecule has 0 heterocycles. The molecule has 0 bridgehead atoms. The van der Waals surface area contributed by atoms with Crippen molar-refractivity contribution in [1.82, 2.24) is 0 Å². The standard InChI is InChI=1S/C11H16O2/c1-3-10(12)8-9-4-6-11(13-2)7-5-9/h4-7,10,12H,3,8H2,1-2H3/t10-/m0/s1. The largest absolute Gasteiger partial charge is 0.497 e. The number of benzene rings is 1. The van der Waals surface area contributed by atoms with Crippen LogP contribution in [0.25, 0.3) is 0 Å². The van der Waals surface area contributed by atoms with E-state index in [4.69, 9.17) is 4.74 Å². The van der Waals surface area contributed by atoms with Crippen molar-refractivity contribution in [2.75, 3.05) is 7.11 Å². The molecular weight excluding hydrogens is 164 g/mol. The quantitative estimate of drug-likeness (QED) is 0.768. The molecule has 1 N–H and O–H groups in total. The molecule has 0 aliphatic heterocycles. The van der Waals surface area contributed by atoms with Gasteiger partial charge < -0.3 is 9.84 Å². The summed E-state index contributed by atoms with van der Waals surface area (Å²) in [6.45, 7) is 1.98. The molecule has 0 radical (unpaired) electrons. The SMILES string of the molecule is CC[C@H](O)Cc1ccc(OC)cc1. The van der Waals surface area contributed by atoms with Crippen LogP contribution in [-0.2, 0) is 6.42 Å². The van der Waals surface area contributed by atoms with Crippen LogP contribution in [0, 0.1) is 0 Å². The summed E-state index contributed by atoms with van der Waals surface area (Å²) < 4.78 is 5.04. The highest BCUT2D eigenvalue weighted by Crippen LogP contribution is 2.13. The van der Waals surface area contributed by atoms with Gasteiger partial charge in [-0.05, 0) is 30.5 Å². The van der Waals surface area contributed by atoms with Gasteiger partial charge in [-0.25, -0.2) is 0 Å². The Bertz CT molecular complexity index is 241. The summed E-state index contributed by atoms with van der Waals surface area (Å²) in [6.07, 6.45) is 1.29. The third-order valence-electron chi connectivity index (χ3n) is 2.10. The predicted octanol–water partition coefficient (Wildman–Crippen LogP) is 2.01. The fourth-order valence-electron chi connectivity index (χ4n) is 1.18. The van der Waals surface area contributed by atoms with Gasteiger partial charge in [-0.3, -0.25) is 0 Å². The molecule has 0 amide bonds. The van der Waals surface area contributed by atoms with E-state index in [1.807, 2.05) is 31.2 Å². The van der Waals surface area contributed by atoms with Gasteiger partial charge in [0.25, 0.3) is 0 Å². The number of hydrogen-bond acceptors (Lipinski definition) is 2. The third kappa shape index (κ3) is 3.07. The van der Waals surface area contributed by atoms with Crippen LogP contribution < -0.4 is 4.74 Å². The molecule has 0 aliphatic carbocycles. The Morgan fingerprint density at radius 1 is 1.31 bits per heavy atom. The molecule has 0 saturated carbocycles. The van der Waals surface area contributed by atoms with Crippen LogP contribution in [0.1, 0.15) is 18.9 Å². The Morgan fingerprint density at radius 2 is 1.92 bits per heavy atom. The number of methoxy groups -OCH3 is 1. The number of hydrogen-bond donors (Lipinski definition) is 1. The van der Waals surface area contributed by atoms with E-state index in [1.165, 1.54) is 0 Å². The van der Waals surface area contributed by atoms with Gasteiger partial charge in [-0.1, -0.05) is 19.1 Å². The Balaban J connectivity index is 2.58. The van der Waals surface area contributed by atoms with E-state index in [9.17, 15) is 5.11 Å². The average molecular weight is 180 g/mol. The fraction of sp³-hybridized carbons (Fsp3) is 0.455. The van der Waals surface area contributed by atoms with Crippen LogP contribution in [0.2, 0.25) is 0 Å². The molecule has 1 rings (SSSR count). The molecule has 0 spiro atoms.